The third-order valence-electron chi connectivity index (χ3n) is 3.93. The van der Waals surface area contributed by atoms with Crippen molar-refractivity contribution in [1.29, 1.82) is 0 Å². The molecule has 3 aromatic rings. The Morgan fingerprint density at radius 1 is 0.897 bits per heavy atom. The van der Waals surface area contributed by atoms with E-state index in [1.165, 1.54) is 7.11 Å². The number of ether oxygens (including phenoxy) is 1. The van der Waals surface area contributed by atoms with Crippen molar-refractivity contribution in [3.63, 3.8) is 0 Å². The normalized spacial score (nSPS) is 9.90. The van der Waals surface area contributed by atoms with E-state index in [9.17, 15) is 18.4 Å². The van der Waals surface area contributed by atoms with E-state index in [1.807, 2.05) is 0 Å². The summed E-state index contributed by atoms with van der Waals surface area (Å²) in [6, 6.07) is 16.1. The van der Waals surface area contributed by atoms with E-state index in [0.29, 0.717) is 28.4 Å². The Labute approximate surface area is 166 Å². The van der Waals surface area contributed by atoms with Crippen LogP contribution in [-0.2, 0) is 4.74 Å². The van der Waals surface area contributed by atoms with Crippen molar-refractivity contribution in [2.24, 2.45) is 0 Å². The molecule has 144 valence electrons. The van der Waals surface area contributed by atoms with Gasteiger partial charge in [-0.3, -0.25) is 4.79 Å². The summed E-state index contributed by atoms with van der Waals surface area (Å²) in [6.07, 6.45) is 0. The molecule has 0 spiro atoms. The number of esters is 1. The number of nitrogens with one attached hydrogen (secondary N) is 1. The largest absolute Gasteiger partial charge is 0.465 e. The average Bonchev–Trinajstić information content (AvgIpc) is 2.72. The van der Waals surface area contributed by atoms with E-state index < -0.39 is 23.5 Å². The minimum Gasteiger partial charge on any atom is -0.465 e. The first kappa shape index (κ1) is 19.8. The number of carbonyl (C=O) groups excluding carboxylic acids is 2. The zero-order valence-electron chi connectivity index (χ0n) is 15.3. The van der Waals surface area contributed by atoms with Crippen LogP contribution in [0.4, 0.5) is 14.5 Å². The van der Waals surface area contributed by atoms with E-state index in [2.05, 4.69) is 21.9 Å². The fourth-order valence-electron chi connectivity index (χ4n) is 2.53. The molecule has 0 aliphatic heterocycles. The molecular weight excluding hydrogens is 376 g/mol. The molecule has 0 atom stereocenters. The van der Waals surface area contributed by atoms with Gasteiger partial charge in [0.25, 0.3) is 5.91 Å². The van der Waals surface area contributed by atoms with Gasteiger partial charge in [0.15, 0.2) is 0 Å². The Bertz CT molecular complexity index is 1150. The molecule has 0 bridgehead atoms. The van der Waals surface area contributed by atoms with Crippen molar-refractivity contribution in [1.82, 2.24) is 0 Å². The predicted molar refractivity (Wildman–Crippen MR) is 105 cm³/mol. The van der Waals surface area contributed by atoms with Gasteiger partial charge in [-0.1, -0.05) is 24.0 Å². The molecule has 0 fully saturated rings. The van der Waals surface area contributed by atoms with Gasteiger partial charge in [0, 0.05) is 22.9 Å². The van der Waals surface area contributed by atoms with Crippen LogP contribution < -0.4 is 5.32 Å². The Kier molecular flexibility index (Phi) is 6.00. The molecule has 1 N–H and O–H groups in total. The van der Waals surface area contributed by atoms with Gasteiger partial charge in [-0.25, -0.2) is 13.6 Å². The van der Waals surface area contributed by atoms with Gasteiger partial charge in [-0.2, -0.15) is 0 Å². The van der Waals surface area contributed by atoms with Crippen LogP contribution in [0.2, 0.25) is 0 Å². The number of hydrogen-bond acceptors (Lipinski definition) is 3. The van der Waals surface area contributed by atoms with Crippen molar-refractivity contribution < 1.29 is 23.1 Å². The zero-order chi connectivity index (χ0) is 20.8. The van der Waals surface area contributed by atoms with Crippen molar-refractivity contribution in [3.05, 3.63) is 101 Å². The van der Waals surface area contributed by atoms with Crippen molar-refractivity contribution in [3.8, 4) is 11.8 Å². The lowest BCUT2D eigenvalue weighted by Gasteiger charge is -2.06. The van der Waals surface area contributed by atoms with Crippen LogP contribution in [0.1, 0.15) is 31.8 Å². The maximum atomic E-state index is 13.8. The van der Waals surface area contributed by atoms with Gasteiger partial charge in [0.1, 0.15) is 11.6 Å². The summed E-state index contributed by atoms with van der Waals surface area (Å²) in [6.45, 7) is 0. The summed E-state index contributed by atoms with van der Waals surface area (Å²) >= 11 is 0. The number of amides is 1. The van der Waals surface area contributed by atoms with Crippen LogP contribution >= 0.6 is 0 Å². The van der Waals surface area contributed by atoms with E-state index in [4.69, 9.17) is 0 Å². The molecule has 0 heterocycles. The number of carbonyl (C=O) groups is 2. The van der Waals surface area contributed by atoms with Crippen LogP contribution in [0.15, 0.2) is 66.7 Å². The second-order valence-corrected chi connectivity index (χ2v) is 5.98. The van der Waals surface area contributed by atoms with Crippen LogP contribution in [0.25, 0.3) is 0 Å². The summed E-state index contributed by atoms with van der Waals surface area (Å²) in [5, 5.41) is 2.56. The van der Waals surface area contributed by atoms with Crippen LogP contribution in [0.5, 0.6) is 0 Å². The summed E-state index contributed by atoms with van der Waals surface area (Å²) in [7, 11) is 1.30. The van der Waals surface area contributed by atoms with E-state index >= 15 is 0 Å². The summed E-state index contributed by atoms with van der Waals surface area (Å²) in [5.74, 6) is 3.03. The van der Waals surface area contributed by atoms with Gasteiger partial charge >= 0.3 is 5.97 Å². The molecule has 0 saturated carbocycles. The highest BCUT2D eigenvalue weighted by Crippen LogP contribution is 2.15. The predicted octanol–water partition coefficient (Wildman–Crippen LogP) is 4.40. The quantitative estimate of drug-likeness (QED) is 0.532. The lowest BCUT2D eigenvalue weighted by molar-refractivity contribution is 0.0600. The minimum absolute atomic E-state index is 0.262. The zero-order valence-corrected chi connectivity index (χ0v) is 15.3. The minimum atomic E-state index is -0.941. The monoisotopic (exact) mass is 391 g/mol. The molecule has 4 nitrogen and oxygen atoms in total. The summed E-state index contributed by atoms with van der Waals surface area (Å²) in [5.41, 5.74) is 1.76. The Morgan fingerprint density at radius 2 is 1.59 bits per heavy atom. The summed E-state index contributed by atoms with van der Waals surface area (Å²) < 4.78 is 31.4. The van der Waals surface area contributed by atoms with Gasteiger partial charge in [-0.05, 0) is 48.5 Å². The number of methoxy groups -OCH3 is 1. The number of benzene rings is 3. The van der Waals surface area contributed by atoms with Crippen LogP contribution in [0, 0.1) is 23.5 Å². The second kappa shape index (κ2) is 8.81. The molecule has 6 heteroatoms. The molecule has 29 heavy (non-hydrogen) atoms. The van der Waals surface area contributed by atoms with Gasteiger partial charge in [-0.15, -0.1) is 0 Å². The first-order valence-corrected chi connectivity index (χ1v) is 8.53. The topological polar surface area (TPSA) is 55.4 Å². The van der Waals surface area contributed by atoms with E-state index in [-0.39, 0.29) is 5.56 Å². The first-order valence-electron chi connectivity index (χ1n) is 8.53. The fraction of sp³-hybridized carbons (Fsp3) is 0.0435. The number of hydrogen-bond donors (Lipinski definition) is 1. The molecule has 0 unspecified atom stereocenters. The Morgan fingerprint density at radius 3 is 2.28 bits per heavy atom. The lowest BCUT2D eigenvalue weighted by Crippen LogP contribution is -2.14. The highest BCUT2D eigenvalue weighted by Gasteiger charge is 2.12. The molecular formula is C23H15F2NO3. The second-order valence-electron chi connectivity index (χ2n) is 5.98. The van der Waals surface area contributed by atoms with E-state index in [1.54, 1.807) is 48.5 Å². The molecule has 0 saturated heterocycles. The maximum absolute atomic E-state index is 13.8. The van der Waals surface area contributed by atoms with Gasteiger partial charge in [0.2, 0.25) is 0 Å². The first-order chi connectivity index (χ1) is 14.0. The van der Waals surface area contributed by atoms with Crippen molar-refractivity contribution >= 4 is 17.6 Å². The van der Waals surface area contributed by atoms with Gasteiger partial charge < -0.3 is 10.1 Å². The molecule has 3 rings (SSSR count). The SMILES string of the molecule is COC(=O)c1cccc(C#Cc2cccc(NC(=O)c3ccc(F)cc3F)c2)c1. The number of halogens is 2. The number of rotatable bonds is 3. The van der Waals surface area contributed by atoms with E-state index in [0.717, 1.165) is 12.1 Å². The molecule has 0 aromatic heterocycles. The molecule has 0 aliphatic carbocycles. The maximum Gasteiger partial charge on any atom is 0.337 e. The Balaban J connectivity index is 1.78. The standard InChI is InChI=1S/C23H15F2NO3/c1-29-23(28)17-6-2-4-15(12-17)8-9-16-5-3-7-19(13-16)26-22(27)20-11-10-18(24)14-21(20)25/h2-7,10-14H,1H3,(H,26,27). The summed E-state index contributed by atoms with van der Waals surface area (Å²) in [4.78, 5) is 23.8. The van der Waals surface area contributed by atoms with Crippen LogP contribution in [0.3, 0.4) is 0 Å². The third kappa shape index (κ3) is 5.05. The fourth-order valence-corrected chi connectivity index (χ4v) is 2.53. The molecule has 0 radical (unpaired) electrons. The van der Waals surface area contributed by atoms with Crippen molar-refractivity contribution in [2.45, 2.75) is 0 Å². The highest BCUT2D eigenvalue weighted by atomic mass is 19.1. The molecule has 0 aliphatic rings. The lowest BCUT2D eigenvalue weighted by atomic mass is 10.1. The Hall–Kier alpha value is -3.98. The third-order valence-corrected chi connectivity index (χ3v) is 3.93. The smallest absolute Gasteiger partial charge is 0.337 e. The van der Waals surface area contributed by atoms with Crippen molar-refractivity contribution in [2.75, 3.05) is 12.4 Å². The molecule has 1 amide bonds. The molecule has 3 aromatic carbocycles. The van der Waals surface area contributed by atoms with Crippen LogP contribution in [-0.4, -0.2) is 19.0 Å². The number of anilines is 1. The van der Waals surface area contributed by atoms with Gasteiger partial charge in [0.05, 0.1) is 18.2 Å². The highest BCUT2D eigenvalue weighted by molar-refractivity contribution is 6.04. The average molecular weight is 391 g/mol.